The fraction of sp³-hybridized carbons (Fsp3) is 0.550. The predicted molar refractivity (Wildman–Crippen MR) is 97.0 cm³/mol. The molecule has 0 amide bonds. The SMILES string of the molecule is CCCOCc1ccc(C(F)(F)OC(=O)C2C(C=C(Cl)C(F)(F)F)C2(C)C)c(F)c1F. The van der Waals surface area contributed by atoms with Crippen LogP contribution < -0.4 is 0 Å². The normalized spacial score (nSPS) is 21.2. The Balaban J connectivity index is 2.19. The van der Waals surface area contributed by atoms with Crippen LogP contribution in [0.25, 0.3) is 0 Å². The molecule has 11 heteroatoms. The second kappa shape index (κ2) is 8.97. The monoisotopic (exact) mass is 476 g/mol. The number of carbonyl (C=O) groups is 1. The molecule has 0 radical (unpaired) electrons. The molecule has 0 aliphatic heterocycles. The Bertz CT molecular complexity index is 865. The summed E-state index contributed by atoms with van der Waals surface area (Å²) in [6, 6.07) is 1.44. The maximum Gasteiger partial charge on any atom is 0.431 e. The molecule has 0 heterocycles. The summed E-state index contributed by atoms with van der Waals surface area (Å²) in [5, 5.41) is -1.50. The summed E-state index contributed by atoms with van der Waals surface area (Å²) in [5.41, 5.74) is -2.97. The zero-order valence-electron chi connectivity index (χ0n) is 16.8. The Kier molecular flexibility index (Phi) is 7.37. The quantitative estimate of drug-likeness (QED) is 0.246. The summed E-state index contributed by atoms with van der Waals surface area (Å²) < 4.78 is 104. The number of halogens is 8. The number of carbonyl (C=O) groups excluding carboxylic acids is 1. The average molecular weight is 477 g/mol. The van der Waals surface area contributed by atoms with E-state index >= 15 is 0 Å². The maximum atomic E-state index is 14.4. The van der Waals surface area contributed by atoms with Crippen LogP contribution in [-0.4, -0.2) is 18.8 Å². The van der Waals surface area contributed by atoms with Gasteiger partial charge in [0.15, 0.2) is 11.6 Å². The molecule has 1 aromatic carbocycles. The topological polar surface area (TPSA) is 35.5 Å². The van der Waals surface area contributed by atoms with Crippen molar-refractivity contribution in [3.8, 4) is 0 Å². The van der Waals surface area contributed by atoms with E-state index in [4.69, 9.17) is 16.3 Å². The molecule has 0 saturated heterocycles. The highest BCUT2D eigenvalue weighted by atomic mass is 35.5. The maximum absolute atomic E-state index is 14.4. The Morgan fingerprint density at radius 1 is 1.16 bits per heavy atom. The minimum atomic E-state index is -4.86. The fourth-order valence-corrected chi connectivity index (χ4v) is 3.32. The van der Waals surface area contributed by atoms with Gasteiger partial charge in [-0.1, -0.05) is 44.5 Å². The van der Waals surface area contributed by atoms with Crippen LogP contribution in [-0.2, 0) is 27.0 Å². The van der Waals surface area contributed by atoms with Crippen LogP contribution in [0, 0.1) is 28.9 Å². The van der Waals surface area contributed by atoms with E-state index in [0.717, 1.165) is 6.07 Å². The first-order valence-electron chi connectivity index (χ1n) is 9.24. The zero-order chi connectivity index (χ0) is 23.8. The van der Waals surface area contributed by atoms with Gasteiger partial charge in [-0.2, -0.15) is 22.0 Å². The highest BCUT2D eigenvalue weighted by Gasteiger charge is 2.63. The number of alkyl halides is 5. The molecule has 1 aliphatic carbocycles. The molecule has 0 N–H and O–H groups in total. The van der Waals surface area contributed by atoms with Gasteiger partial charge in [0.25, 0.3) is 0 Å². The summed E-state index contributed by atoms with van der Waals surface area (Å²) >= 11 is 5.15. The van der Waals surface area contributed by atoms with Gasteiger partial charge in [0.2, 0.25) is 0 Å². The molecule has 1 saturated carbocycles. The molecule has 1 aliphatic rings. The van der Waals surface area contributed by atoms with Crippen LogP contribution in [0.1, 0.15) is 38.3 Å². The van der Waals surface area contributed by atoms with Gasteiger partial charge in [-0.25, -0.2) is 8.78 Å². The minimum Gasteiger partial charge on any atom is -0.397 e. The first-order chi connectivity index (χ1) is 14.1. The van der Waals surface area contributed by atoms with Crippen molar-refractivity contribution in [3.05, 3.63) is 46.0 Å². The van der Waals surface area contributed by atoms with Crippen molar-refractivity contribution in [2.45, 2.75) is 46.1 Å². The van der Waals surface area contributed by atoms with Crippen molar-refractivity contribution in [2.75, 3.05) is 6.61 Å². The first kappa shape index (κ1) is 25.5. The smallest absolute Gasteiger partial charge is 0.397 e. The van der Waals surface area contributed by atoms with E-state index in [1.807, 2.05) is 0 Å². The van der Waals surface area contributed by atoms with Crippen molar-refractivity contribution in [3.63, 3.8) is 0 Å². The number of benzene rings is 1. The molecule has 0 aromatic heterocycles. The first-order valence-corrected chi connectivity index (χ1v) is 9.62. The van der Waals surface area contributed by atoms with Gasteiger partial charge in [0.05, 0.1) is 12.5 Å². The van der Waals surface area contributed by atoms with Crippen LogP contribution in [0.3, 0.4) is 0 Å². The second-order valence-corrected chi connectivity index (χ2v) is 8.14. The number of ether oxygens (including phenoxy) is 2. The van der Waals surface area contributed by atoms with Crippen molar-refractivity contribution in [1.82, 2.24) is 0 Å². The molecule has 174 valence electrons. The minimum absolute atomic E-state index is 0.252. The van der Waals surface area contributed by atoms with Crippen molar-refractivity contribution < 1.29 is 45.0 Å². The lowest BCUT2D eigenvalue weighted by molar-refractivity contribution is -0.243. The van der Waals surface area contributed by atoms with Crippen LogP contribution in [0.2, 0.25) is 0 Å². The molecule has 0 bridgehead atoms. The van der Waals surface area contributed by atoms with Gasteiger partial charge >= 0.3 is 18.3 Å². The summed E-state index contributed by atoms with van der Waals surface area (Å²) in [4.78, 5) is 12.2. The Morgan fingerprint density at radius 2 is 1.77 bits per heavy atom. The van der Waals surface area contributed by atoms with E-state index < -0.39 is 57.7 Å². The average Bonchev–Trinajstić information content (AvgIpc) is 3.17. The number of hydrogen-bond donors (Lipinski definition) is 0. The lowest BCUT2D eigenvalue weighted by Crippen LogP contribution is -2.26. The van der Waals surface area contributed by atoms with Gasteiger partial charge < -0.3 is 9.47 Å². The third-order valence-electron chi connectivity index (χ3n) is 5.07. The number of allylic oxidation sites excluding steroid dienone is 2. The van der Waals surface area contributed by atoms with E-state index in [9.17, 15) is 35.5 Å². The highest BCUT2D eigenvalue weighted by molar-refractivity contribution is 6.30. The van der Waals surface area contributed by atoms with Crippen molar-refractivity contribution in [2.24, 2.45) is 17.3 Å². The van der Waals surface area contributed by atoms with E-state index in [2.05, 4.69) is 4.74 Å². The van der Waals surface area contributed by atoms with Gasteiger partial charge in [-0.05, 0) is 23.8 Å². The van der Waals surface area contributed by atoms with Crippen molar-refractivity contribution >= 4 is 17.6 Å². The van der Waals surface area contributed by atoms with Crippen LogP contribution in [0.15, 0.2) is 23.2 Å². The van der Waals surface area contributed by atoms with Crippen LogP contribution in [0.5, 0.6) is 0 Å². The number of rotatable bonds is 8. The molecule has 3 nitrogen and oxygen atoms in total. The third kappa shape index (κ3) is 5.52. The fourth-order valence-electron chi connectivity index (χ4n) is 3.19. The lowest BCUT2D eigenvalue weighted by atomic mass is 10.1. The Hall–Kier alpha value is -1.81. The standard InChI is InChI=1S/C20H20ClF7O3/c1-4-7-30-9-10-5-6-11(16(23)15(10)22)20(27,28)31-17(29)14-12(18(14,2)3)8-13(21)19(24,25)26/h5-6,8,12,14H,4,7,9H2,1-3H3. The molecule has 2 rings (SSSR count). The summed E-state index contributed by atoms with van der Waals surface area (Å²) in [5.74, 6) is -7.54. The van der Waals surface area contributed by atoms with Crippen LogP contribution in [0.4, 0.5) is 30.7 Å². The molecule has 2 atom stereocenters. The third-order valence-corrected chi connectivity index (χ3v) is 5.41. The summed E-state index contributed by atoms with van der Waals surface area (Å²) in [6.07, 6.45) is -8.25. The largest absolute Gasteiger partial charge is 0.431 e. The predicted octanol–water partition coefficient (Wildman–Crippen LogP) is 6.44. The molecule has 31 heavy (non-hydrogen) atoms. The number of esters is 1. The van der Waals surface area contributed by atoms with E-state index in [1.54, 1.807) is 6.92 Å². The zero-order valence-corrected chi connectivity index (χ0v) is 17.5. The molecule has 0 spiro atoms. The second-order valence-electron chi connectivity index (χ2n) is 7.73. The van der Waals surface area contributed by atoms with E-state index in [0.29, 0.717) is 18.6 Å². The summed E-state index contributed by atoms with van der Waals surface area (Å²) in [6.45, 7) is 4.43. The van der Waals surface area contributed by atoms with Gasteiger partial charge in [-0.3, -0.25) is 4.79 Å². The summed E-state index contributed by atoms with van der Waals surface area (Å²) in [7, 11) is 0. The molecule has 1 aromatic rings. The molecule has 1 fully saturated rings. The van der Waals surface area contributed by atoms with Crippen LogP contribution >= 0.6 is 11.6 Å². The van der Waals surface area contributed by atoms with E-state index in [1.165, 1.54) is 13.8 Å². The molecular weight excluding hydrogens is 457 g/mol. The van der Waals surface area contributed by atoms with Crippen molar-refractivity contribution in [1.29, 1.82) is 0 Å². The Morgan fingerprint density at radius 3 is 2.32 bits per heavy atom. The molecular formula is C20H20ClF7O3. The highest BCUT2D eigenvalue weighted by Crippen LogP contribution is 2.61. The van der Waals surface area contributed by atoms with Gasteiger partial charge in [0, 0.05) is 12.2 Å². The Labute approximate surface area is 179 Å². The van der Waals surface area contributed by atoms with E-state index in [-0.39, 0.29) is 18.8 Å². The lowest BCUT2D eigenvalue weighted by Gasteiger charge is -2.19. The molecule has 2 unspecified atom stereocenters. The van der Waals surface area contributed by atoms with Gasteiger partial charge in [-0.15, -0.1) is 0 Å². The number of hydrogen-bond acceptors (Lipinski definition) is 3. The van der Waals surface area contributed by atoms with Gasteiger partial charge in [0.1, 0.15) is 10.6 Å².